The van der Waals surface area contributed by atoms with E-state index in [1.54, 1.807) is 18.9 Å². The van der Waals surface area contributed by atoms with E-state index >= 15 is 0 Å². The smallest absolute Gasteiger partial charge is 0.193 e. The lowest BCUT2D eigenvalue weighted by Crippen LogP contribution is -2.15. The third-order valence-electron chi connectivity index (χ3n) is 5.16. The zero-order chi connectivity index (χ0) is 20.5. The molecule has 1 aliphatic heterocycles. The Hall–Kier alpha value is -3.50. The van der Waals surface area contributed by atoms with E-state index in [1.165, 1.54) is 0 Å². The van der Waals surface area contributed by atoms with Crippen molar-refractivity contribution in [2.24, 2.45) is 0 Å². The van der Waals surface area contributed by atoms with Crippen LogP contribution in [0.25, 0.3) is 0 Å². The molecule has 0 saturated carbocycles. The predicted molar refractivity (Wildman–Crippen MR) is 122 cm³/mol. The number of ketones is 1. The van der Waals surface area contributed by atoms with Gasteiger partial charge in [-0.3, -0.25) is 4.79 Å². The summed E-state index contributed by atoms with van der Waals surface area (Å²) < 4.78 is 5.32. The van der Waals surface area contributed by atoms with Gasteiger partial charge in [-0.1, -0.05) is 54.2 Å². The van der Waals surface area contributed by atoms with Crippen molar-refractivity contribution < 1.29 is 9.53 Å². The quantitative estimate of drug-likeness (QED) is 0.303. The number of benzene rings is 4. The monoisotopic (exact) mass is 409 g/mol. The Morgan fingerprint density at radius 2 is 1.43 bits per heavy atom. The maximum Gasteiger partial charge on any atom is 0.193 e. The number of methoxy groups -OCH3 is 1. The first kappa shape index (κ1) is 18.5. The Labute approximate surface area is 179 Å². The summed E-state index contributed by atoms with van der Waals surface area (Å²) in [6, 6.07) is 31.7. The summed E-state index contributed by atoms with van der Waals surface area (Å²) in [5.74, 6) is 0.858. The van der Waals surface area contributed by atoms with Crippen molar-refractivity contribution in [3.8, 4) is 5.75 Å². The first-order chi connectivity index (χ1) is 14.7. The van der Waals surface area contributed by atoms with Gasteiger partial charge in [0.1, 0.15) is 5.75 Å². The van der Waals surface area contributed by atoms with Crippen LogP contribution in [-0.4, -0.2) is 12.9 Å². The average molecular weight is 410 g/mol. The van der Waals surface area contributed by atoms with Gasteiger partial charge < -0.3 is 9.64 Å². The fourth-order valence-corrected chi connectivity index (χ4v) is 4.76. The van der Waals surface area contributed by atoms with Crippen LogP contribution in [0.4, 0.5) is 17.1 Å². The second-order valence-corrected chi connectivity index (χ2v) is 8.06. The normalized spacial score (nSPS) is 12.1. The van der Waals surface area contributed by atoms with Crippen molar-refractivity contribution in [1.82, 2.24) is 0 Å². The van der Waals surface area contributed by atoms with Gasteiger partial charge in [-0.25, -0.2) is 0 Å². The van der Waals surface area contributed by atoms with Crippen molar-refractivity contribution >= 4 is 34.6 Å². The van der Waals surface area contributed by atoms with Crippen LogP contribution in [0.5, 0.6) is 5.75 Å². The molecule has 0 unspecified atom stereocenters. The van der Waals surface area contributed by atoms with Crippen LogP contribution in [0.3, 0.4) is 0 Å². The Balaban J connectivity index is 1.61. The van der Waals surface area contributed by atoms with Crippen LogP contribution >= 0.6 is 11.8 Å². The first-order valence-corrected chi connectivity index (χ1v) is 10.5. The van der Waals surface area contributed by atoms with Gasteiger partial charge in [0.05, 0.1) is 18.5 Å². The molecule has 4 heteroatoms. The molecule has 5 rings (SSSR count). The van der Waals surface area contributed by atoms with Crippen LogP contribution in [0.1, 0.15) is 15.9 Å². The molecule has 0 N–H and O–H groups in total. The fourth-order valence-electron chi connectivity index (χ4n) is 3.66. The molecule has 0 aromatic heterocycles. The lowest BCUT2D eigenvalue weighted by Gasteiger charge is -2.33. The van der Waals surface area contributed by atoms with Gasteiger partial charge in [0.15, 0.2) is 5.78 Å². The van der Waals surface area contributed by atoms with Crippen molar-refractivity contribution in [2.75, 3.05) is 12.0 Å². The van der Waals surface area contributed by atoms with Gasteiger partial charge in [0.2, 0.25) is 0 Å². The second kappa shape index (κ2) is 7.73. The summed E-state index contributed by atoms with van der Waals surface area (Å²) in [5, 5.41) is 0. The molecule has 0 atom stereocenters. The molecule has 1 aliphatic rings. The van der Waals surface area contributed by atoms with Gasteiger partial charge >= 0.3 is 0 Å². The lowest BCUT2D eigenvalue weighted by atomic mass is 10.0. The Morgan fingerprint density at radius 1 is 0.733 bits per heavy atom. The molecule has 0 bridgehead atoms. The first-order valence-electron chi connectivity index (χ1n) is 9.69. The van der Waals surface area contributed by atoms with Crippen LogP contribution in [0, 0.1) is 0 Å². The van der Waals surface area contributed by atoms with Gasteiger partial charge in [-0.15, -0.1) is 0 Å². The predicted octanol–water partition coefficient (Wildman–Crippen LogP) is 6.86. The molecule has 0 fully saturated rings. The largest absolute Gasteiger partial charge is 0.497 e. The maximum absolute atomic E-state index is 13.0. The highest BCUT2D eigenvalue weighted by Gasteiger charge is 2.25. The molecule has 30 heavy (non-hydrogen) atoms. The number of hydrogen-bond acceptors (Lipinski definition) is 4. The molecule has 0 amide bonds. The average Bonchev–Trinajstić information content (AvgIpc) is 2.82. The SMILES string of the molecule is COc1ccc(N2c3ccccc3Sc3cc(C(=O)c4ccccc4)ccc32)cc1. The third kappa shape index (κ3) is 3.25. The molecule has 3 nitrogen and oxygen atoms in total. The maximum atomic E-state index is 13.0. The van der Waals surface area contributed by atoms with Gasteiger partial charge in [0.25, 0.3) is 0 Å². The number of para-hydroxylation sites is 1. The second-order valence-electron chi connectivity index (χ2n) is 6.98. The third-order valence-corrected chi connectivity index (χ3v) is 6.27. The number of rotatable bonds is 4. The van der Waals surface area contributed by atoms with E-state index in [0.29, 0.717) is 11.1 Å². The van der Waals surface area contributed by atoms with Crippen molar-refractivity contribution in [3.63, 3.8) is 0 Å². The van der Waals surface area contributed by atoms with E-state index in [1.807, 2.05) is 72.8 Å². The minimum Gasteiger partial charge on any atom is -0.497 e. The van der Waals surface area contributed by atoms with Crippen LogP contribution in [0.2, 0.25) is 0 Å². The van der Waals surface area contributed by atoms with E-state index in [-0.39, 0.29) is 5.78 Å². The minimum absolute atomic E-state index is 0.0360. The number of hydrogen-bond donors (Lipinski definition) is 0. The fraction of sp³-hybridized carbons (Fsp3) is 0.0385. The highest BCUT2D eigenvalue weighted by atomic mass is 32.2. The van der Waals surface area contributed by atoms with Crippen LogP contribution < -0.4 is 9.64 Å². The molecule has 4 aromatic rings. The Bertz CT molecular complexity index is 1220. The molecule has 0 radical (unpaired) electrons. The van der Waals surface area contributed by atoms with Gasteiger partial charge in [-0.2, -0.15) is 0 Å². The summed E-state index contributed by atoms with van der Waals surface area (Å²) in [4.78, 5) is 17.4. The highest BCUT2D eigenvalue weighted by molar-refractivity contribution is 7.99. The molecule has 4 aromatic carbocycles. The van der Waals surface area contributed by atoms with E-state index in [0.717, 1.165) is 32.6 Å². The molecule has 146 valence electrons. The van der Waals surface area contributed by atoms with Crippen molar-refractivity contribution in [3.05, 3.63) is 108 Å². The number of anilines is 3. The van der Waals surface area contributed by atoms with Crippen LogP contribution in [-0.2, 0) is 0 Å². The molecule has 0 spiro atoms. The number of nitrogens with zero attached hydrogens (tertiary/aromatic N) is 1. The topological polar surface area (TPSA) is 29.5 Å². The number of carbonyl (C=O) groups excluding carboxylic acids is 1. The molecule has 0 aliphatic carbocycles. The Morgan fingerprint density at radius 3 is 2.20 bits per heavy atom. The zero-order valence-corrected chi connectivity index (χ0v) is 17.2. The summed E-state index contributed by atoms with van der Waals surface area (Å²) >= 11 is 1.70. The lowest BCUT2D eigenvalue weighted by molar-refractivity contribution is 0.103. The standard InChI is InChI=1S/C26H19NO2S/c1-29-21-14-12-20(13-15-21)27-22-9-5-6-10-24(22)30-25-17-19(11-16-23(25)27)26(28)18-7-3-2-4-8-18/h2-17H,1H3. The Kier molecular flexibility index (Phi) is 4.77. The van der Waals surface area contributed by atoms with Crippen molar-refractivity contribution in [1.29, 1.82) is 0 Å². The van der Waals surface area contributed by atoms with E-state index in [2.05, 4.69) is 29.2 Å². The van der Waals surface area contributed by atoms with Crippen LogP contribution in [0.15, 0.2) is 107 Å². The van der Waals surface area contributed by atoms with E-state index in [9.17, 15) is 4.79 Å². The summed E-state index contributed by atoms with van der Waals surface area (Å²) in [7, 11) is 1.67. The summed E-state index contributed by atoms with van der Waals surface area (Å²) in [5.41, 5.74) is 4.63. The minimum atomic E-state index is 0.0360. The molecular formula is C26H19NO2S. The number of fused-ring (bicyclic) bond motifs is 2. The van der Waals surface area contributed by atoms with E-state index in [4.69, 9.17) is 4.74 Å². The number of carbonyl (C=O) groups is 1. The van der Waals surface area contributed by atoms with Gasteiger partial charge in [0, 0.05) is 26.6 Å². The summed E-state index contributed by atoms with van der Waals surface area (Å²) in [6.45, 7) is 0. The molecular weight excluding hydrogens is 390 g/mol. The van der Waals surface area contributed by atoms with Crippen molar-refractivity contribution in [2.45, 2.75) is 9.79 Å². The van der Waals surface area contributed by atoms with Gasteiger partial charge in [-0.05, 0) is 54.6 Å². The van der Waals surface area contributed by atoms with E-state index < -0.39 is 0 Å². The highest BCUT2D eigenvalue weighted by Crippen LogP contribution is 2.51. The number of ether oxygens (including phenoxy) is 1. The molecule has 0 saturated heterocycles. The zero-order valence-electron chi connectivity index (χ0n) is 16.4. The molecule has 1 heterocycles. The summed E-state index contributed by atoms with van der Waals surface area (Å²) in [6.07, 6.45) is 0.